The first-order chi connectivity index (χ1) is 6.27. The highest BCUT2D eigenvalue weighted by molar-refractivity contribution is 5.00. The summed E-state index contributed by atoms with van der Waals surface area (Å²) < 4.78 is 0. The first-order valence-corrected chi connectivity index (χ1v) is 5.93. The van der Waals surface area contributed by atoms with Gasteiger partial charge in [-0.25, -0.2) is 0 Å². The lowest BCUT2D eigenvalue weighted by Gasteiger charge is -2.39. The SMILES string of the molecule is C=C(C)C1CCC2CCCCC2C1. The van der Waals surface area contributed by atoms with Crippen LogP contribution in [0.25, 0.3) is 0 Å². The van der Waals surface area contributed by atoms with Crippen LogP contribution in [0.5, 0.6) is 0 Å². The van der Waals surface area contributed by atoms with Crippen molar-refractivity contribution in [2.75, 3.05) is 0 Å². The summed E-state index contributed by atoms with van der Waals surface area (Å²) in [6.45, 7) is 6.33. The van der Waals surface area contributed by atoms with Gasteiger partial charge in [0.05, 0.1) is 0 Å². The zero-order valence-corrected chi connectivity index (χ0v) is 8.89. The number of rotatable bonds is 1. The van der Waals surface area contributed by atoms with E-state index in [-0.39, 0.29) is 0 Å². The Balaban J connectivity index is 1.95. The van der Waals surface area contributed by atoms with Crippen molar-refractivity contribution in [3.63, 3.8) is 0 Å². The van der Waals surface area contributed by atoms with E-state index in [1.165, 1.54) is 50.5 Å². The van der Waals surface area contributed by atoms with Gasteiger partial charge in [0, 0.05) is 0 Å². The highest BCUT2D eigenvalue weighted by atomic mass is 14.4. The summed E-state index contributed by atoms with van der Waals surface area (Å²) in [5, 5.41) is 0. The Morgan fingerprint density at radius 2 is 1.69 bits per heavy atom. The minimum atomic E-state index is 0.861. The van der Waals surface area contributed by atoms with Gasteiger partial charge in [-0.2, -0.15) is 0 Å². The van der Waals surface area contributed by atoms with Gasteiger partial charge in [-0.05, 0) is 43.9 Å². The molecule has 0 N–H and O–H groups in total. The molecule has 3 atom stereocenters. The van der Waals surface area contributed by atoms with Gasteiger partial charge < -0.3 is 0 Å². The molecule has 0 heterocycles. The molecule has 0 nitrogen and oxygen atoms in total. The van der Waals surface area contributed by atoms with Crippen LogP contribution in [0.4, 0.5) is 0 Å². The van der Waals surface area contributed by atoms with Gasteiger partial charge in [-0.15, -0.1) is 0 Å². The average Bonchev–Trinajstić information content (AvgIpc) is 2.17. The van der Waals surface area contributed by atoms with E-state index < -0.39 is 0 Å². The molecule has 0 saturated heterocycles. The summed E-state index contributed by atoms with van der Waals surface area (Å²) in [7, 11) is 0. The van der Waals surface area contributed by atoms with Crippen molar-refractivity contribution < 1.29 is 0 Å². The quantitative estimate of drug-likeness (QED) is 0.529. The maximum Gasteiger partial charge on any atom is -0.0206 e. The monoisotopic (exact) mass is 178 g/mol. The molecule has 2 fully saturated rings. The van der Waals surface area contributed by atoms with E-state index in [1.54, 1.807) is 0 Å². The van der Waals surface area contributed by atoms with Gasteiger partial charge in [0.15, 0.2) is 0 Å². The molecule has 0 aromatic carbocycles. The van der Waals surface area contributed by atoms with Crippen LogP contribution >= 0.6 is 0 Å². The van der Waals surface area contributed by atoms with E-state index >= 15 is 0 Å². The topological polar surface area (TPSA) is 0 Å². The van der Waals surface area contributed by atoms with Crippen LogP contribution in [0.15, 0.2) is 12.2 Å². The highest BCUT2D eigenvalue weighted by Gasteiger charge is 2.31. The van der Waals surface area contributed by atoms with Crippen molar-refractivity contribution >= 4 is 0 Å². The van der Waals surface area contributed by atoms with Crippen LogP contribution in [0.1, 0.15) is 51.9 Å². The van der Waals surface area contributed by atoms with Gasteiger partial charge in [0.1, 0.15) is 0 Å². The van der Waals surface area contributed by atoms with E-state index in [0.717, 1.165) is 17.8 Å². The van der Waals surface area contributed by atoms with Crippen molar-refractivity contribution in [3.8, 4) is 0 Å². The van der Waals surface area contributed by atoms with Gasteiger partial charge in [0.25, 0.3) is 0 Å². The second-order valence-electron chi connectivity index (χ2n) is 5.16. The fourth-order valence-electron chi connectivity index (χ4n) is 3.32. The Hall–Kier alpha value is -0.260. The summed E-state index contributed by atoms with van der Waals surface area (Å²) in [4.78, 5) is 0. The van der Waals surface area contributed by atoms with Gasteiger partial charge in [-0.1, -0.05) is 37.8 Å². The predicted molar refractivity (Wildman–Crippen MR) is 57.6 cm³/mol. The molecule has 74 valence electrons. The summed E-state index contributed by atoms with van der Waals surface area (Å²) in [5.74, 6) is 3.01. The third-order valence-electron chi connectivity index (χ3n) is 4.24. The van der Waals surface area contributed by atoms with Crippen LogP contribution in [-0.2, 0) is 0 Å². The highest BCUT2D eigenvalue weighted by Crippen LogP contribution is 2.44. The molecule has 0 aromatic heterocycles. The van der Waals surface area contributed by atoms with Gasteiger partial charge >= 0.3 is 0 Å². The maximum absolute atomic E-state index is 4.12. The second-order valence-corrected chi connectivity index (χ2v) is 5.16. The van der Waals surface area contributed by atoms with Crippen LogP contribution in [0.3, 0.4) is 0 Å². The van der Waals surface area contributed by atoms with Gasteiger partial charge in [-0.3, -0.25) is 0 Å². The lowest BCUT2D eigenvalue weighted by molar-refractivity contribution is 0.143. The molecule has 13 heavy (non-hydrogen) atoms. The third kappa shape index (κ3) is 1.98. The summed E-state index contributed by atoms with van der Waals surface area (Å²) >= 11 is 0. The Kier molecular flexibility index (Phi) is 2.76. The number of allylic oxidation sites excluding steroid dienone is 1. The first kappa shape index (κ1) is 9.30. The Bertz CT molecular complexity index is 192. The van der Waals surface area contributed by atoms with Crippen molar-refractivity contribution in [1.29, 1.82) is 0 Å². The molecule has 0 bridgehead atoms. The number of fused-ring (bicyclic) bond motifs is 1. The lowest BCUT2D eigenvalue weighted by Crippen LogP contribution is -2.27. The minimum absolute atomic E-state index is 0.861. The summed E-state index contributed by atoms with van der Waals surface area (Å²) in [6.07, 6.45) is 10.4. The maximum atomic E-state index is 4.12. The lowest BCUT2D eigenvalue weighted by atomic mass is 9.66. The molecular weight excluding hydrogens is 156 g/mol. The van der Waals surface area contributed by atoms with Crippen molar-refractivity contribution in [2.45, 2.75) is 51.9 Å². The molecule has 3 unspecified atom stereocenters. The van der Waals surface area contributed by atoms with E-state index in [0.29, 0.717) is 0 Å². The zero-order chi connectivity index (χ0) is 9.26. The Labute approximate surface area is 82.4 Å². The Morgan fingerprint density at radius 3 is 2.38 bits per heavy atom. The molecule has 2 saturated carbocycles. The molecule has 0 aromatic rings. The standard InChI is InChI=1S/C13H22/c1-10(2)12-8-7-11-5-3-4-6-13(11)9-12/h11-13H,1,3-9H2,2H3. The minimum Gasteiger partial charge on any atom is -0.0999 e. The molecule has 0 spiro atoms. The van der Waals surface area contributed by atoms with E-state index in [1.807, 2.05) is 0 Å². The molecule has 2 aliphatic rings. The fraction of sp³-hybridized carbons (Fsp3) is 0.846. The summed E-state index contributed by atoms with van der Waals surface area (Å²) in [6, 6.07) is 0. The van der Waals surface area contributed by atoms with E-state index in [4.69, 9.17) is 0 Å². The van der Waals surface area contributed by atoms with E-state index in [9.17, 15) is 0 Å². The van der Waals surface area contributed by atoms with Crippen molar-refractivity contribution in [2.24, 2.45) is 17.8 Å². The molecular formula is C13H22. The molecule has 0 radical (unpaired) electrons. The molecule has 0 heteroatoms. The van der Waals surface area contributed by atoms with Crippen molar-refractivity contribution in [3.05, 3.63) is 12.2 Å². The van der Waals surface area contributed by atoms with Crippen molar-refractivity contribution in [1.82, 2.24) is 0 Å². The van der Waals surface area contributed by atoms with Gasteiger partial charge in [0.2, 0.25) is 0 Å². The summed E-state index contributed by atoms with van der Waals surface area (Å²) in [5.41, 5.74) is 1.43. The normalized spacial score (nSPS) is 39.6. The zero-order valence-electron chi connectivity index (χ0n) is 8.89. The molecule has 2 rings (SSSR count). The third-order valence-corrected chi connectivity index (χ3v) is 4.24. The number of hydrogen-bond donors (Lipinski definition) is 0. The van der Waals surface area contributed by atoms with Crippen LogP contribution in [0.2, 0.25) is 0 Å². The first-order valence-electron chi connectivity index (χ1n) is 5.93. The average molecular weight is 178 g/mol. The number of hydrogen-bond acceptors (Lipinski definition) is 0. The van der Waals surface area contributed by atoms with Crippen LogP contribution in [-0.4, -0.2) is 0 Å². The predicted octanol–water partition coefficient (Wildman–Crippen LogP) is 4.17. The fourth-order valence-corrected chi connectivity index (χ4v) is 3.32. The largest absolute Gasteiger partial charge is 0.0999 e. The Morgan fingerprint density at radius 1 is 1.00 bits per heavy atom. The van der Waals surface area contributed by atoms with Crippen LogP contribution < -0.4 is 0 Å². The second kappa shape index (κ2) is 3.86. The smallest absolute Gasteiger partial charge is 0.0206 e. The molecule has 0 amide bonds. The van der Waals surface area contributed by atoms with Crippen LogP contribution in [0, 0.1) is 17.8 Å². The molecule has 2 aliphatic carbocycles. The molecule has 0 aliphatic heterocycles. The van der Waals surface area contributed by atoms with E-state index in [2.05, 4.69) is 13.5 Å².